The largest absolute Gasteiger partial charge is 0.478 e. The summed E-state index contributed by atoms with van der Waals surface area (Å²) in [7, 11) is 1.58. The molecule has 2 aromatic heterocycles. The van der Waals surface area contributed by atoms with Crippen molar-refractivity contribution in [2.45, 2.75) is 13.0 Å². The van der Waals surface area contributed by atoms with Gasteiger partial charge in [0.15, 0.2) is 0 Å². The molecule has 25 heavy (non-hydrogen) atoms. The Morgan fingerprint density at radius 3 is 2.72 bits per heavy atom. The Labute approximate surface area is 152 Å². The zero-order chi connectivity index (χ0) is 18.0. The van der Waals surface area contributed by atoms with E-state index in [1.165, 1.54) is 9.95 Å². The zero-order valence-electron chi connectivity index (χ0n) is 13.4. The van der Waals surface area contributed by atoms with Gasteiger partial charge in [-0.25, -0.2) is 9.78 Å². The fraction of sp³-hybridized carbons (Fsp3) is 0.235. The van der Waals surface area contributed by atoms with Gasteiger partial charge in [-0.2, -0.15) is 0 Å². The Kier molecular flexibility index (Phi) is 5.17. The van der Waals surface area contributed by atoms with Crippen LogP contribution in [0.5, 0.6) is 0 Å². The Morgan fingerprint density at radius 2 is 2.08 bits per heavy atom. The fourth-order valence-corrected chi connectivity index (χ4v) is 3.59. The lowest BCUT2D eigenvalue weighted by Gasteiger charge is -2.12. The summed E-state index contributed by atoms with van der Waals surface area (Å²) in [5, 5.41) is 11.5. The van der Waals surface area contributed by atoms with Crippen LogP contribution in [0.1, 0.15) is 21.7 Å². The molecule has 2 heterocycles. The van der Waals surface area contributed by atoms with Gasteiger partial charge in [0.05, 0.1) is 24.1 Å². The van der Waals surface area contributed by atoms with Crippen LogP contribution in [-0.2, 0) is 17.7 Å². The summed E-state index contributed by atoms with van der Waals surface area (Å²) in [5.74, 6) is -0.569. The number of ether oxygens (including phenoxy) is 1. The lowest BCUT2D eigenvalue weighted by molar-refractivity contribution is 0.0699. The molecule has 0 unspecified atom stereocenters. The van der Waals surface area contributed by atoms with E-state index in [9.17, 15) is 14.7 Å². The first-order valence-electron chi connectivity index (χ1n) is 7.49. The summed E-state index contributed by atoms with van der Waals surface area (Å²) < 4.78 is 6.60. The number of halogens is 1. The van der Waals surface area contributed by atoms with Crippen LogP contribution in [0.15, 0.2) is 34.4 Å². The molecule has 0 aliphatic carbocycles. The van der Waals surface area contributed by atoms with Crippen LogP contribution >= 0.6 is 22.9 Å². The van der Waals surface area contributed by atoms with E-state index in [1.54, 1.807) is 19.2 Å². The van der Waals surface area contributed by atoms with E-state index in [-0.39, 0.29) is 23.1 Å². The van der Waals surface area contributed by atoms with Crippen molar-refractivity contribution in [2.75, 3.05) is 13.7 Å². The zero-order valence-corrected chi connectivity index (χ0v) is 14.9. The van der Waals surface area contributed by atoms with Crippen LogP contribution in [-0.4, -0.2) is 34.3 Å². The van der Waals surface area contributed by atoms with E-state index in [0.29, 0.717) is 28.7 Å². The van der Waals surface area contributed by atoms with Crippen molar-refractivity contribution >= 4 is 39.1 Å². The highest BCUT2D eigenvalue weighted by atomic mass is 35.5. The van der Waals surface area contributed by atoms with Crippen molar-refractivity contribution in [2.24, 2.45) is 0 Å². The fourth-order valence-electron chi connectivity index (χ4n) is 2.54. The van der Waals surface area contributed by atoms with E-state index in [0.717, 1.165) is 16.9 Å². The maximum absolute atomic E-state index is 13.0. The molecule has 0 aliphatic rings. The minimum absolute atomic E-state index is 0.0133. The molecule has 130 valence electrons. The number of hydrogen-bond acceptors (Lipinski definition) is 5. The minimum Gasteiger partial charge on any atom is -0.478 e. The van der Waals surface area contributed by atoms with Crippen molar-refractivity contribution in [3.63, 3.8) is 0 Å². The molecule has 3 aromatic rings. The number of fused-ring (bicyclic) bond motifs is 1. The van der Waals surface area contributed by atoms with E-state index in [2.05, 4.69) is 4.98 Å². The average molecular weight is 379 g/mol. The molecule has 6 nitrogen and oxygen atoms in total. The number of thiophene rings is 1. The lowest BCUT2D eigenvalue weighted by Crippen LogP contribution is -2.27. The number of carboxylic acid groups (broad SMARTS) is 1. The van der Waals surface area contributed by atoms with Gasteiger partial charge in [-0.05, 0) is 17.7 Å². The van der Waals surface area contributed by atoms with Gasteiger partial charge < -0.3 is 9.84 Å². The molecule has 1 aromatic carbocycles. The van der Waals surface area contributed by atoms with Gasteiger partial charge in [0.25, 0.3) is 5.56 Å². The molecule has 1 N–H and O–H groups in total. The van der Waals surface area contributed by atoms with Gasteiger partial charge in [-0.15, -0.1) is 11.3 Å². The van der Waals surface area contributed by atoms with Crippen molar-refractivity contribution in [1.29, 1.82) is 0 Å². The monoisotopic (exact) mass is 378 g/mol. The number of benzene rings is 1. The highest BCUT2D eigenvalue weighted by Gasteiger charge is 2.19. The average Bonchev–Trinajstić information content (AvgIpc) is 3.02. The van der Waals surface area contributed by atoms with Crippen molar-refractivity contribution in [3.05, 3.63) is 62.0 Å². The number of nitrogens with zero attached hydrogens (tertiary/aromatic N) is 2. The van der Waals surface area contributed by atoms with Crippen LogP contribution < -0.4 is 5.56 Å². The number of carboxylic acids is 1. The number of methoxy groups -OCH3 is 1. The van der Waals surface area contributed by atoms with Crippen LogP contribution in [0.2, 0.25) is 5.02 Å². The molecule has 0 fully saturated rings. The molecule has 0 atom stereocenters. The van der Waals surface area contributed by atoms with E-state index >= 15 is 0 Å². The maximum Gasteiger partial charge on any atom is 0.337 e. The molecule has 0 saturated carbocycles. The van der Waals surface area contributed by atoms with Crippen molar-refractivity contribution in [3.8, 4) is 0 Å². The lowest BCUT2D eigenvalue weighted by atomic mass is 10.2. The van der Waals surface area contributed by atoms with Crippen LogP contribution in [0.4, 0.5) is 0 Å². The summed E-state index contributed by atoms with van der Waals surface area (Å²) in [4.78, 5) is 29.3. The van der Waals surface area contributed by atoms with Gasteiger partial charge in [-0.3, -0.25) is 9.36 Å². The Hall–Kier alpha value is -2.22. The number of hydrogen-bond donors (Lipinski definition) is 1. The first-order chi connectivity index (χ1) is 12.0. The molecule has 8 heteroatoms. The van der Waals surface area contributed by atoms with Crippen molar-refractivity contribution < 1.29 is 14.6 Å². The summed E-state index contributed by atoms with van der Waals surface area (Å²) in [5.41, 5.74) is 0.503. The molecule has 0 bridgehead atoms. The number of aromatic carboxylic acids is 1. The molecule has 3 rings (SSSR count). The third-order valence-corrected chi connectivity index (χ3v) is 4.91. The van der Waals surface area contributed by atoms with E-state index in [1.807, 2.05) is 12.1 Å². The Bertz CT molecular complexity index is 979. The van der Waals surface area contributed by atoms with Gasteiger partial charge in [-0.1, -0.05) is 23.7 Å². The second-order valence-corrected chi connectivity index (χ2v) is 6.72. The Morgan fingerprint density at radius 1 is 1.36 bits per heavy atom. The van der Waals surface area contributed by atoms with Crippen LogP contribution in [0.25, 0.3) is 10.2 Å². The third-order valence-electron chi connectivity index (χ3n) is 3.79. The van der Waals surface area contributed by atoms with Gasteiger partial charge in [0.1, 0.15) is 10.7 Å². The highest BCUT2D eigenvalue weighted by Crippen LogP contribution is 2.22. The molecule has 0 amide bonds. The number of aromatic nitrogens is 2. The summed E-state index contributed by atoms with van der Waals surface area (Å²) in [6.07, 6.45) is 0.454. The summed E-state index contributed by atoms with van der Waals surface area (Å²) in [6, 6.07) is 7.14. The molecule has 0 saturated heterocycles. The summed E-state index contributed by atoms with van der Waals surface area (Å²) >= 11 is 7.06. The second-order valence-electron chi connectivity index (χ2n) is 5.42. The first kappa shape index (κ1) is 17.6. The molecular formula is C17H15ClN2O4S. The number of carbonyl (C=O) groups is 1. The van der Waals surface area contributed by atoms with Crippen LogP contribution in [0, 0.1) is 0 Å². The van der Waals surface area contributed by atoms with E-state index in [4.69, 9.17) is 16.3 Å². The summed E-state index contributed by atoms with van der Waals surface area (Å²) in [6.45, 7) is 0.697. The topological polar surface area (TPSA) is 81.4 Å². The van der Waals surface area contributed by atoms with Gasteiger partial charge >= 0.3 is 5.97 Å². The predicted molar refractivity (Wildman–Crippen MR) is 97.0 cm³/mol. The predicted octanol–water partition coefficient (Wildman–Crippen LogP) is 3.05. The standard InChI is InChI=1S/C17H15ClN2O4S/c1-24-7-6-13-19-15-14(12(9-25-15)17(22)23)16(21)20(13)8-10-2-4-11(18)5-3-10/h2-5,9H,6-8H2,1H3,(H,22,23). The van der Waals surface area contributed by atoms with Gasteiger partial charge in [0.2, 0.25) is 0 Å². The van der Waals surface area contributed by atoms with E-state index < -0.39 is 5.97 Å². The quantitative estimate of drug-likeness (QED) is 0.713. The normalized spacial score (nSPS) is 11.1. The highest BCUT2D eigenvalue weighted by molar-refractivity contribution is 7.17. The van der Waals surface area contributed by atoms with Crippen LogP contribution in [0.3, 0.4) is 0 Å². The second kappa shape index (κ2) is 7.35. The molecular weight excluding hydrogens is 364 g/mol. The SMILES string of the molecule is COCCc1nc2scc(C(=O)O)c2c(=O)n1Cc1ccc(Cl)cc1. The maximum atomic E-state index is 13.0. The van der Waals surface area contributed by atoms with Crippen molar-refractivity contribution in [1.82, 2.24) is 9.55 Å². The Balaban J connectivity index is 2.16. The third kappa shape index (κ3) is 3.58. The minimum atomic E-state index is -1.13. The number of rotatable bonds is 6. The molecule has 0 aliphatic heterocycles. The first-order valence-corrected chi connectivity index (χ1v) is 8.74. The smallest absolute Gasteiger partial charge is 0.337 e. The molecule has 0 spiro atoms. The van der Waals surface area contributed by atoms with Gasteiger partial charge in [0, 0.05) is 23.9 Å². The molecule has 0 radical (unpaired) electrons.